The quantitative estimate of drug-likeness (QED) is 0.761. The molecule has 2 amide bonds. The zero-order chi connectivity index (χ0) is 14.4. The maximum atomic E-state index is 12.2. The minimum atomic E-state index is 0. The molecular weight excluding hydrogens is 310 g/mol. The van der Waals surface area contributed by atoms with Gasteiger partial charge in [0.1, 0.15) is 0 Å². The average Bonchev–Trinajstić information content (AvgIpc) is 2.48. The first-order valence-electron chi connectivity index (χ1n) is 7.58. The molecule has 21 heavy (non-hydrogen) atoms. The second-order valence-corrected chi connectivity index (χ2v) is 6.56. The number of piperidine rings is 1. The van der Waals surface area contributed by atoms with Crippen molar-refractivity contribution in [1.82, 2.24) is 15.1 Å². The Balaban J connectivity index is 0.00000220. The van der Waals surface area contributed by atoms with Gasteiger partial charge in [-0.25, -0.2) is 0 Å². The van der Waals surface area contributed by atoms with E-state index < -0.39 is 0 Å². The number of nitrogens with zero attached hydrogens (tertiary/aromatic N) is 2. The first-order valence-corrected chi connectivity index (χ1v) is 8.73. The Kier molecular flexibility index (Phi) is 8.44. The topological polar surface area (TPSA) is 52.7 Å². The van der Waals surface area contributed by atoms with E-state index in [1.807, 2.05) is 9.80 Å². The van der Waals surface area contributed by atoms with Gasteiger partial charge in [-0.15, -0.1) is 12.4 Å². The Hall–Kier alpha value is -0.460. The van der Waals surface area contributed by atoms with Crippen molar-refractivity contribution < 1.29 is 9.59 Å². The maximum absolute atomic E-state index is 12.2. The van der Waals surface area contributed by atoms with Crippen LogP contribution >= 0.6 is 24.2 Å². The van der Waals surface area contributed by atoms with Gasteiger partial charge in [-0.3, -0.25) is 9.59 Å². The highest BCUT2D eigenvalue weighted by Gasteiger charge is 2.31. The summed E-state index contributed by atoms with van der Waals surface area (Å²) in [6.45, 7) is 5.78. The lowest BCUT2D eigenvalue weighted by atomic mass is 10.0. The lowest BCUT2D eigenvalue weighted by Gasteiger charge is -2.41. The molecule has 0 aromatic rings. The first-order chi connectivity index (χ1) is 9.72. The van der Waals surface area contributed by atoms with E-state index in [9.17, 15) is 9.59 Å². The molecule has 0 aliphatic carbocycles. The van der Waals surface area contributed by atoms with Gasteiger partial charge >= 0.3 is 0 Å². The molecule has 0 saturated carbocycles. The fourth-order valence-electron chi connectivity index (χ4n) is 2.84. The van der Waals surface area contributed by atoms with Crippen LogP contribution in [-0.4, -0.2) is 71.9 Å². The van der Waals surface area contributed by atoms with Gasteiger partial charge in [0.25, 0.3) is 0 Å². The molecule has 0 bridgehead atoms. The van der Waals surface area contributed by atoms with Gasteiger partial charge in [-0.2, -0.15) is 11.8 Å². The molecule has 0 aromatic carbocycles. The number of halogens is 1. The van der Waals surface area contributed by atoms with Crippen LogP contribution in [0.25, 0.3) is 0 Å². The molecule has 2 fully saturated rings. The molecular formula is C14H26ClN3O2S. The van der Waals surface area contributed by atoms with Crippen LogP contribution in [-0.2, 0) is 9.59 Å². The van der Waals surface area contributed by atoms with Gasteiger partial charge in [0, 0.05) is 32.2 Å². The van der Waals surface area contributed by atoms with E-state index in [1.54, 1.807) is 11.8 Å². The van der Waals surface area contributed by atoms with Gasteiger partial charge in [-0.1, -0.05) is 6.92 Å². The number of nitrogens with one attached hydrogen (secondary N) is 1. The monoisotopic (exact) mass is 335 g/mol. The van der Waals surface area contributed by atoms with E-state index in [2.05, 4.69) is 12.2 Å². The van der Waals surface area contributed by atoms with E-state index in [0.29, 0.717) is 12.3 Å². The summed E-state index contributed by atoms with van der Waals surface area (Å²) in [4.78, 5) is 28.0. The molecule has 1 N–H and O–H groups in total. The number of piperazine rings is 1. The van der Waals surface area contributed by atoms with E-state index >= 15 is 0 Å². The van der Waals surface area contributed by atoms with Crippen LogP contribution in [0, 0.1) is 0 Å². The largest absolute Gasteiger partial charge is 0.340 e. The van der Waals surface area contributed by atoms with Crippen molar-refractivity contribution in [1.29, 1.82) is 0 Å². The Morgan fingerprint density at radius 2 is 2.24 bits per heavy atom. The molecule has 2 aliphatic heterocycles. The van der Waals surface area contributed by atoms with Crippen LogP contribution in [0.5, 0.6) is 0 Å². The van der Waals surface area contributed by atoms with Crippen LogP contribution in [0.15, 0.2) is 0 Å². The summed E-state index contributed by atoms with van der Waals surface area (Å²) in [5.41, 5.74) is 0. The predicted octanol–water partition coefficient (Wildman–Crippen LogP) is 0.974. The van der Waals surface area contributed by atoms with Gasteiger partial charge in [0.2, 0.25) is 11.8 Å². The standard InChI is InChI=1S/C14H25N3O2S.ClH/c1-2-8-20-11-14(19)16-6-3-4-12(10-16)17-7-5-15-9-13(17)18;/h12,15H,2-11H2,1H3;1H. The third-order valence-corrected chi connectivity index (χ3v) is 5.04. The van der Waals surface area contributed by atoms with Crippen molar-refractivity contribution in [2.45, 2.75) is 32.2 Å². The summed E-state index contributed by atoms with van der Waals surface area (Å²) < 4.78 is 0. The molecule has 2 saturated heterocycles. The number of amides is 2. The van der Waals surface area contributed by atoms with Gasteiger partial charge in [0.05, 0.1) is 12.3 Å². The summed E-state index contributed by atoms with van der Waals surface area (Å²) in [6.07, 6.45) is 3.14. The van der Waals surface area contributed by atoms with Crippen molar-refractivity contribution in [3.05, 3.63) is 0 Å². The zero-order valence-electron chi connectivity index (χ0n) is 12.7. The van der Waals surface area contributed by atoms with Crippen molar-refractivity contribution in [3.8, 4) is 0 Å². The van der Waals surface area contributed by atoms with Crippen molar-refractivity contribution >= 4 is 36.0 Å². The highest BCUT2D eigenvalue weighted by molar-refractivity contribution is 7.99. The Morgan fingerprint density at radius 3 is 2.95 bits per heavy atom. The fraction of sp³-hybridized carbons (Fsp3) is 0.857. The molecule has 1 atom stereocenters. The molecule has 122 valence electrons. The summed E-state index contributed by atoms with van der Waals surface area (Å²) in [5.74, 6) is 2.03. The molecule has 2 rings (SSSR count). The molecule has 1 unspecified atom stereocenters. The summed E-state index contributed by atoms with van der Waals surface area (Å²) in [6, 6.07) is 0.221. The second kappa shape index (κ2) is 9.54. The van der Waals surface area contributed by atoms with E-state index in [-0.39, 0.29) is 30.3 Å². The van der Waals surface area contributed by atoms with Crippen LogP contribution in [0.4, 0.5) is 0 Å². The SMILES string of the molecule is CCCSCC(=O)N1CCCC(N2CCNCC2=O)C1.Cl. The number of carbonyl (C=O) groups excluding carboxylic acids is 2. The molecule has 0 radical (unpaired) electrons. The molecule has 0 spiro atoms. The van der Waals surface area contributed by atoms with Crippen molar-refractivity contribution in [3.63, 3.8) is 0 Å². The van der Waals surface area contributed by atoms with Crippen LogP contribution in [0.3, 0.4) is 0 Å². The number of thioether (sulfide) groups is 1. The number of rotatable bonds is 5. The number of likely N-dealkylation sites (tertiary alicyclic amines) is 1. The highest BCUT2D eigenvalue weighted by atomic mass is 35.5. The molecule has 2 heterocycles. The second-order valence-electron chi connectivity index (χ2n) is 5.45. The third kappa shape index (κ3) is 5.34. The predicted molar refractivity (Wildman–Crippen MR) is 89.0 cm³/mol. The summed E-state index contributed by atoms with van der Waals surface area (Å²) in [5, 5.41) is 3.10. The van der Waals surface area contributed by atoms with E-state index in [1.165, 1.54) is 0 Å². The fourth-order valence-corrected chi connectivity index (χ4v) is 3.63. The zero-order valence-corrected chi connectivity index (χ0v) is 14.3. The Morgan fingerprint density at radius 1 is 1.43 bits per heavy atom. The van der Waals surface area contributed by atoms with Crippen LogP contribution < -0.4 is 5.32 Å². The van der Waals surface area contributed by atoms with Crippen molar-refractivity contribution in [2.24, 2.45) is 0 Å². The summed E-state index contributed by atoms with van der Waals surface area (Å²) >= 11 is 1.71. The Labute approximate surface area is 137 Å². The minimum Gasteiger partial charge on any atom is -0.340 e. The normalized spacial score (nSPS) is 22.9. The number of hydrogen-bond acceptors (Lipinski definition) is 4. The molecule has 7 heteroatoms. The lowest BCUT2D eigenvalue weighted by molar-refractivity contribution is -0.139. The van der Waals surface area contributed by atoms with E-state index in [4.69, 9.17) is 0 Å². The van der Waals surface area contributed by atoms with Crippen LogP contribution in [0.2, 0.25) is 0 Å². The van der Waals surface area contributed by atoms with Crippen molar-refractivity contribution in [2.75, 3.05) is 44.2 Å². The van der Waals surface area contributed by atoms with Gasteiger partial charge in [-0.05, 0) is 25.0 Å². The number of carbonyl (C=O) groups is 2. The van der Waals surface area contributed by atoms with Gasteiger partial charge < -0.3 is 15.1 Å². The van der Waals surface area contributed by atoms with E-state index in [0.717, 1.165) is 51.2 Å². The number of hydrogen-bond donors (Lipinski definition) is 1. The van der Waals surface area contributed by atoms with Crippen LogP contribution in [0.1, 0.15) is 26.2 Å². The third-order valence-electron chi connectivity index (χ3n) is 3.89. The maximum Gasteiger partial charge on any atom is 0.236 e. The lowest BCUT2D eigenvalue weighted by Crippen LogP contribution is -2.57. The molecule has 2 aliphatic rings. The summed E-state index contributed by atoms with van der Waals surface area (Å²) in [7, 11) is 0. The Bertz CT molecular complexity index is 357. The first kappa shape index (κ1) is 18.6. The average molecular weight is 336 g/mol. The molecule has 5 nitrogen and oxygen atoms in total. The minimum absolute atomic E-state index is 0. The molecule has 0 aromatic heterocycles. The highest BCUT2D eigenvalue weighted by Crippen LogP contribution is 2.18. The van der Waals surface area contributed by atoms with Gasteiger partial charge in [0.15, 0.2) is 0 Å². The smallest absolute Gasteiger partial charge is 0.236 e.